The molecule has 0 N–H and O–H groups in total. The number of aromatic nitrogens is 2. The maximum Gasteiger partial charge on any atom is 0.431 e. The van der Waals surface area contributed by atoms with Crippen molar-refractivity contribution >= 4 is 11.6 Å². The number of alkyl halides is 3. The van der Waals surface area contributed by atoms with Crippen LogP contribution < -0.4 is 20.7 Å². The zero-order valence-electron chi connectivity index (χ0n) is 12.5. The van der Waals surface area contributed by atoms with Gasteiger partial charge < -0.3 is 9.47 Å². The van der Waals surface area contributed by atoms with E-state index in [0.29, 0.717) is 0 Å². The average Bonchev–Trinajstić information content (AvgIpc) is 2.53. The van der Waals surface area contributed by atoms with E-state index in [4.69, 9.17) is 21.1 Å². The Bertz CT molecular complexity index is 981. The number of rotatable bonds is 1. The zero-order valence-corrected chi connectivity index (χ0v) is 13.2. The van der Waals surface area contributed by atoms with Gasteiger partial charge in [-0.1, -0.05) is 11.6 Å². The van der Waals surface area contributed by atoms with Crippen molar-refractivity contribution in [2.24, 2.45) is 7.05 Å². The van der Waals surface area contributed by atoms with E-state index < -0.39 is 34.6 Å². The van der Waals surface area contributed by atoms with Gasteiger partial charge in [-0.25, -0.2) is 13.8 Å². The van der Waals surface area contributed by atoms with Crippen LogP contribution in [0, 0.1) is 5.82 Å². The zero-order chi connectivity index (χ0) is 18.5. The lowest BCUT2D eigenvalue weighted by atomic mass is 10.2. The molecular weight excluding hydrogens is 372 g/mol. The molecule has 1 aliphatic rings. The summed E-state index contributed by atoms with van der Waals surface area (Å²) in [5.41, 5.74) is -4.87. The van der Waals surface area contributed by atoms with E-state index in [1.165, 1.54) is 0 Å². The smallest absolute Gasteiger partial charge is 0.431 e. The van der Waals surface area contributed by atoms with Crippen LogP contribution >= 0.6 is 11.6 Å². The third kappa shape index (κ3) is 2.76. The van der Waals surface area contributed by atoms with Crippen LogP contribution in [0.3, 0.4) is 0 Å². The number of ether oxygens (including phenoxy) is 2. The summed E-state index contributed by atoms with van der Waals surface area (Å²) in [7, 11) is 0.818. The predicted molar refractivity (Wildman–Crippen MR) is 78.2 cm³/mol. The van der Waals surface area contributed by atoms with Crippen molar-refractivity contribution in [2.75, 3.05) is 13.2 Å². The van der Waals surface area contributed by atoms with Crippen LogP contribution in [0.2, 0.25) is 5.02 Å². The minimum Gasteiger partial charge on any atom is -0.484 e. The van der Waals surface area contributed by atoms with Crippen LogP contribution in [-0.2, 0) is 13.2 Å². The van der Waals surface area contributed by atoms with Crippen LogP contribution in [0.5, 0.6) is 11.5 Å². The fraction of sp³-hybridized carbons (Fsp3) is 0.286. The van der Waals surface area contributed by atoms with E-state index >= 15 is 0 Å². The Morgan fingerprint density at radius 2 is 1.72 bits per heavy atom. The number of benzene rings is 1. The summed E-state index contributed by atoms with van der Waals surface area (Å²) in [4.78, 5) is 24.4. The van der Waals surface area contributed by atoms with E-state index in [1.807, 2.05) is 0 Å². The topological polar surface area (TPSA) is 62.5 Å². The normalized spacial score (nSPS) is 13.8. The third-order valence-corrected chi connectivity index (χ3v) is 3.81. The maximum absolute atomic E-state index is 14.4. The number of hydrogen-bond donors (Lipinski definition) is 0. The van der Waals surface area contributed by atoms with E-state index in [0.717, 1.165) is 13.1 Å². The molecule has 25 heavy (non-hydrogen) atoms. The van der Waals surface area contributed by atoms with Crippen molar-refractivity contribution < 1.29 is 27.0 Å². The predicted octanol–water partition coefficient (Wildman–Crippen LogP) is 2.12. The molecule has 0 bridgehead atoms. The van der Waals surface area contributed by atoms with Crippen molar-refractivity contribution in [1.29, 1.82) is 0 Å². The highest BCUT2D eigenvalue weighted by Crippen LogP contribution is 2.42. The molecule has 3 rings (SSSR count). The van der Waals surface area contributed by atoms with Gasteiger partial charge in [0.25, 0.3) is 5.56 Å². The lowest BCUT2D eigenvalue weighted by Crippen LogP contribution is -2.41. The fourth-order valence-corrected chi connectivity index (χ4v) is 2.67. The molecule has 2 heterocycles. The van der Waals surface area contributed by atoms with E-state index in [-0.39, 0.29) is 44.9 Å². The van der Waals surface area contributed by atoms with Crippen molar-refractivity contribution in [3.8, 4) is 17.2 Å². The van der Waals surface area contributed by atoms with Crippen LogP contribution in [-0.4, -0.2) is 22.3 Å². The first-order valence-electron chi connectivity index (χ1n) is 6.81. The molecule has 1 aromatic heterocycles. The third-order valence-electron chi connectivity index (χ3n) is 3.53. The Labute approximate surface area is 141 Å². The van der Waals surface area contributed by atoms with Crippen molar-refractivity contribution in [3.63, 3.8) is 0 Å². The first-order chi connectivity index (χ1) is 11.6. The Hall–Kier alpha value is -2.49. The van der Waals surface area contributed by atoms with Gasteiger partial charge in [-0.3, -0.25) is 9.36 Å². The summed E-state index contributed by atoms with van der Waals surface area (Å²) in [6.07, 6.45) is -4.93. The van der Waals surface area contributed by atoms with Gasteiger partial charge in [0.1, 0.15) is 24.6 Å². The van der Waals surface area contributed by atoms with E-state index in [1.54, 1.807) is 0 Å². The lowest BCUT2D eigenvalue weighted by Gasteiger charge is -2.23. The molecule has 1 aliphatic heterocycles. The molecule has 0 saturated heterocycles. The number of hydrogen-bond acceptors (Lipinski definition) is 4. The molecule has 0 fully saturated rings. The largest absolute Gasteiger partial charge is 0.484 e. The monoisotopic (exact) mass is 380 g/mol. The lowest BCUT2D eigenvalue weighted by molar-refractivity contribution is -0.144. The van der Waals surface area contributed by atoms with Gasteiger partial charge in [-0.05, 0) is 6.07 Å². The molecule has 0 saturated carbocycles. The second-order valence-corrected chi connectivity index (χ2v) is 5.49. The van der Waals surface area contributed by atoms with Gasteiger partial charge >= 0.3 is 11.9 Å². The molecule has 0 unspecified atom stereocenters. The van der Waals surface area contributed by atoms with Crippen LogP contribution in [0.25, 0.3) is 5.69 Å². The molecule has 6 nitrogen and oxygen atoms in total. The number of halogens is 5. The minimum atomic E-state index is -4.93. The molecular formula is C14H9ClF4N2O4. The standard InChI is InChI=1S/C14H9ClF4N2O4/c1-20-8(14(17,18)19)5-9(22)21(13(20)23)10-7(16)4-6(15)11-12(10)25-3-2-24-11/h4-5H,2-3H2,1H3. The molecule has 0 atom stereocenters. The summed E-state index contributed by atoms with van der Waals surface area (Å²) < 4.78 is 64.0. The van der Waals surface area contributed by atoms with Gasteiger partial charge in [-0.2, -0.15) is 13.2 Å². The highest BCUT2D eigenvalue weighted by molar-refractivity contribution is 6.32. The van der Waals surface area contributed by atoms with Crippen LogP contribution in [0.15, 0.2) is 21.7 Å². The average molecular weight is 381 g/mol. The maximum atomic E-state index is 14.4. The van der Waals surface area contributed by atoms with Gasteiger partial charge in [0.15, 0.2) is 17.3 Å². The first-order valence-corrected chi connectivity index (χ1v) is 7.19. The number of nitrogens with zero attached hydrogens (tertiary/aromatic N) is 2. The van der Waals surface area contributed by atoms with E-state index in [2.05, 4.69) is 0 Å². The minimum absolute atomic E-state index is 0.0184. The summed E-state index contributed by atoms with van der Waals surface area (Å²) in [6, 6.07) is 0.986. The van der Waals surface area contributed by atoms with Gasteiger partial charge in [0.2, 0.25) is 0 Å². The molecule has 0 spiro atoms. The summed E-state index contributed by atoms with van der Waals surface area (Å²) in [5, 5.41) is -0.160. The molecule has 0 amide bonds. The van der Waals surface area contributed by atoms with Gasteiger partial charge in [0.05, 0.1) is 5.02 Å². The van der Waals surface area contributed by atoms with E-state index in [9.17, 15) is 27.2 Å². The summed E-state index contributed by atoms with van der Waals surface area (Å²) in [6.45, 7) is 0.0766. The van der Waals surface area contributed by atoms with Gasteiger partial charge in [-0.15, -0.1) is 0 Å². The Morgan fingerprint density at radius 1 is 1.12 bits per heavy atom. The second-order valence-electron chi connectivity index (χ2n) is 5.09. The molecule has 0 aliphatic carbocycles. The molecule has 0 radical (unpaired) electrons. The van der Waals surface area contributed by atoms with Gasteiger partial charge in [0, 0.05) is 13.1 Å². The fourth-order valence-electron chi connectivity index (χ4n) is 2.44. The molecule has 134 valence electrons. The Morgan fingerprint density at radius 3 is 2.32 bits per heavy atom. The first kappa shape index (κ1) is 17.3. The SMILES string of the molecule is Cn1c(C(F)(F)F)cc(=O)n(-c2c(F)cc(Cl)c3c2OCCO3)c1=O. The second kappa shape index (κ2) is 5.80. The van der Waals surface area contributed by atoms with Crippen LogP contribution in [0.4, 0.5) is 17.6 Å². The molecule has 2 aromatic rings. The number of fused-ring (bicyclic) bond motifs is 1. The van der Waals surface area contributed by atoms with Crippen molar-refractivity contribution in [1.82, 2.24) is 9.13 Å². The highest BCUT2D eigenvalue weighted by atomic mass is 35.5. The quantitative estimate of drug-likeness (QED) is 0.711. The molecule has 11 heteroatoms. The van der Waals surface area contributed by atoms with Crippen molar-refractivity contribution in [2.45, 2.75) is 6.18 Å². The Kier molecular flexibility index (Phi) is 4.02. The highest BCUT2D eigenvalue weighted by Gasteiger charge is 2.36. The van der Waals surface area contributed by atoms with Crippen molar-refractivity contribution in [3.05, 3.63) is 49.5 Å². The molecule has 1 aromatic carbocycles. The summed E-state index contributed by atoms with van der Waals surface area (Å²) in [5.74, 6) is -1.54. The van der Waals surface area contributed by atoms with Crippen LogP contribution in [0.1, 0.15) is 5.69 Å². The summed E-state index contributed by atoms with van der Waals surface area (Å²) >= 11 is 5.84. The Balaban J connectivity index is 2.38.